The van der Waals surface area contributed by atoms with Crippen molar-refractivity contribution < 1.29 is 33.4 Å². The number of esters is 3. The van der Waals surface area contributed by atoms with E-state index in [1.165, 1.54) is 51.1 Å². The van der Waals surface area contributed by atoms with Gasteiger partial charge in [0.25, 0.3) is 5.91 Å². The molecule has 0 spiro atoms. The van der Waals surface area contributed by atoms with Crippen LogP contribution in [0, 0.1) is 0 Å². The number of carbonyl (C=O) groups excluding carboxylic acids is 4. The fourth-order valence-corrected chi connectivity index (χ4v) is 2.13. The minimum absolute atomic E-state index is 0.0663. The van der Waals surface area contributed by atoms with Crippen LogP contribution in [0.4, 0.5) is 5.69 Å². The van der Waals surface area contributed by atoms with E-state index in [9.17, 15) is 19.2 Å². The predicted molar refractivity (Wildman–Crippen MR) is 94.8 cm³/mol. The number of hydrogen-bond donors (Lipinski definition) is 1. The van der Waals surface area contributed by atoms with E-state index in [4.69, 9.17) is 14.2 Å². The van der Waals surface area contributed by atoms with Crippen molar-refractivity contribution in [2.45, 2.75) is 20.8 Å². The summed E-state index contributed by atoms with van der Waals surface area (Å²) < 4.78 is 14.9. The van der Waals surface area contributed by atoms with Crippen LogP contribution >= 0.6 is 0 Å². The van der Waals surface area contributed by atoms with Crippen molar-refractivity contribution in [1.29, 1.82) is 0 Å². The Morgan fingerprint density at radius 2 is 1.11 bits per heavy atom. The molecule has 8 nitrogen and oxygen atoms in total. The van der Waals surface area contributed by atoms with E-state index in [2.05, 4.69) is 5.32 Å². The quantitative estimate of drug-likeness (QED) is 0.636. The zero-order chi connectivity index (χ0) is 20.0. The van der Waals surface area contributed by atoms with Gasteiger partial charge >= 0.3 is 17.9 Å². The molecule has 0 unspecified atom stereocenters. The van der Waals surface area contributed by atoms with E-state index in [1.807, 2.05) is 0 Å². The Labute approximate surface area is 155 Å². The van der Waals surface area contributed by atoms with Crippen LogP contribution in [-0.2, 0) is 14.4 Å². The van der Waals surface area contributed by atoms with Crippen LogP contribution in [0.5, 0.6) is 17.2 Å². The number of anilines is 1. The number of carbonyl (C=O) groups is 4. The maximum atomic E-state index is 12.5. The molecule has 0 saturated carbocycles. The van der Waals surface area contributed by atoms with Gasteiger partial charge in [-0.15, -0.1) is 0 Å². The molecule has 0 aromatic heterocycles. The van der Waals surface area contributed by atoms with Crippen molar-refractivity contribution in [2.24, 2.45) is 0 Å². The molecule has 2 rings (SSSR count). The summed E-state index contributed by atoms with van der Waals surface area (Å²) in [6.07, 6.45) is 0. The van der Waals surface area contributed by atoms with Crippen molar-refractivity contribution in [3.05, 3.63) is 48.0 Å². The first-order valence-electron chi connectivity index (χ1n) is 7.84. The number of rotatable bonds is 5. The summed E-state index contributed by atoms with van der Waals surface area (Å²) in [7, 11) is 0. The number of benzene rings is 2. The Balaban J connectivity index is 2.21. The van der Waals surface area contributed by atoms with Gasteiger partial charge in [0.1, 0.15) is 17.2 Å². The lowest BCUT2D eigenvalue weighted by Gasteiger charge is -2.10. The summed E-state index contributed by atoms with van der Waals surface area (Å²) in [6.45, 7) is 3.71. The van der Waals surface area contributed by atoms with Gasteiger partial charge in [-0.25, -0.2) is 0 Å². The predicted octanol–water partition coefficient (Wildman–Crippen LogP) is 2.71. The molecule has 0 aliphatic rings. The third kappa shape index (κ3) is 6.28. The molecule has 0 fully saturated rings. The van der Waals surface area contributed by atoms with E-state index in [-0.39, 0.29) is 17.1 Å². The molecule has 0 radical (unpaired) electrons. The summed E-state index contributed by atoms with van der Waals surface area (Å²) in [5.41, 5.74) is 0.567. The first-order valence-corrected chi connectivity index (χ1v) is 7.84. The van der Waals surface area contributed by atoms with Crippen LogP contribution in [0.15, 0.2) is 42.5 Å². The van der Waals surface area contributed by atoms with Gasteiger partial charge in [-0.1, -0.05) is 0 Å². The molecular formula is C19H17NO7. The zero-order valence-corrected chi connectivity index (χ0v) is 14.9. The Morgan fingerprint density at radius 3 is 1.56 bits per heavy atom. The SMILES string of the molecule is CC(=O)Oc1ccc(NC(=O)c2cc(OC(C)=O)cc(OC(C)=O)c2)cc1. The fourth-order valence-electron chi connectivity index (χ4n) is 2.13. The Kier molecular flexibility index (Phi) is 6.27. The third-order valence-electron chi connectivity index (χ3n) is 3.04. The van der Waals surface area contributed by atoms with Gasteiger partial charge in [-0.2, -0.15) is 0 Å². The molecule has 0 saturated heterocycles. The summed E-state index contributed by atoms with van der Waals surface area (Å²) >= 11 is 0. The van der Waals surface area contributed by atoms with Crippen molar-refractivity contribution in [3.63, 3.8) is 0 Å². The second kappa shape index (κ2) is 8.61. The lowest BCUT2D eigenvalue weighted by atomic mass is 10.1. The molecule has 8 heteroatoms. The lowest BCUT2D eigenvalue weighted by Crippen LogP contribution is -2.13. The van der Waals surface area contributed by atoms with Crippen LogP contribution < -0.4 is 19.5 Å². The van der Waals surface area contributed by atoms with Crippen molar-refractivity contribution in [3.8, 4) is 17.2 Å². The average molecular weight is 371 g/mol. The molecule has 0 heterocycles. The molecule has 1 amide bonds. The Hall–Kier alpha value is -3.68. The van der Waals surface area contributed by atoms with E-state index in [0.29, 0.717) is 11.4 Å². The highest BCUT2D eigenvalue weighted by molar-refractivity contribution is 6.05. The smallest absolute Gasteiger partial charge is 0.308 e. The molecule has 0 atom stereocenters. The first kappa shape index (κ1) is 19.6. The number of ether oxygens (including phenoxy) is 3. The van der Waals surface area contributed by atoms with Gasteiger partial charge in [0.15, 0.2) is 0 Å². The van der Waals surface area contributed by atoms with Gasteiger partial charge in [0, 0.05) is 38.1 Å². The molecular weight excluding hydrogens is 354 g/mol. The molecule has 0 bridgehead atoms. The second-order valence-electron chi connectivity index (χ2n) is 5.45. The van der Waals surface area contributed by atoms with Gasteiger partial charge in [0.05, 0.1) is 0 Å². The van der Waals surface area contributed by atoms with Gasteiger partial charge < -0.3 is 19.5 Å². The molecule has 2 aromatic rings. The standard InChI is InChI=1S/C19H17NO7/c1-11(21)25-16-6-4-15(5-7-16)20-19(24)14-8-17(26-12(2)22)10-18(9-14)27-13(3)23/h4-10H,1-3H3,(H,20,24). The highest BCUT2D eigenvalue weighted by atomic mass is 16.5. The van der Waals surface area contributed by atoms with Gasteiger partial charge in [-0.3, -0.25) is 19.2 Å². The molecule has 0 aliphatic heterocycles. The topological polar surface area (TPSA) is 108 Å². The van der Waals surface area contributed by atoms with Crippen molar-refractivity contribution in [1.82, 2.24) is 0 Å². The van der Waals surface area contributed by atoms with Gasteiger partial charge in [0.2, 0.25) is 0 Å². The molecule has 27 heavy (non-hydrogen) atoms. The summed E-state index contributed by atoms with van der Waals surface area (Å²) in [5.74, 6) is -1.66. The van der Waals surface area contributed by atoms with E-state index in [1.54, 1.807) is 12.1 Å². The number of nitrogens with one attached hydrogen (secondary N) is 1. The van der Waals surface area contributed by atoms with Gasteiger partial charge in [-0.05, 0) is 36.4 Å². The number of hydrogen-bond acceptors (Lipinski definition) is 7. The highest BCUT2D eigenvalue weighted by Gasteiger charge is 2.13. The third-order valence-corrected chi connectivity index (χ3v) is 3.04. The molecule has 1 N–H and O–H groups in total. The zero-order valence-electron chi connectivity index (χ0n) is 14.9. The largest absolute Gasteiger partial charge is 0.427 e. The van der Waals surface area contributed by atoms with Crippen LogP contribution in [-0.4, -0.2) is 23.8 Å². The second-order valence-corrected chi connectivity index (χ2v) is 5.45. The summed E-state index contributed by atoms with van der Waals surface area (Å²) in [4.78, 5) is 45.7. The minimum Gasteiger partial charge on any atom is -0.427 e. The monoisotopic (exact) mass is 371 g/mol. The van der Waals surface area contributed by atoms with E-state index < -0.39 is 23.8 Å². The minimum atomic E-state index is -0.581. The van der Waals surface area contributed by atoms with E-state index in [0.717, 1.165) is 0 Å². The summed E-state index contributed by atoms with van der Waals surface area (Å²) in [5, 5.41) is 2.64. The maximum Gasteiger partial charge on any atom is 0.308 e. The van der Waals surface area contributed by atoms with Crippen LogP contribution in [0.25, 0.3) is 0 Å². The number of amides is 1. The van der Waals surface area contributed by atoms with Crippen LogP contribution in [0.2, 0.25) is 0 Å². The average Bonchev–Trinajstić information content (AvgIpc) is 2.54. The molecule has 0 aliphatic carbocycles. The maximum absolute atomic E-state index is 12.5. The molecule has 2 aromatic carbocycles. The first-order chi connectivity index (χ1) is 12.7. The Bertz CT molecular complexity index is 853. The molecule has 140 valence electrons. The van der Waals surface area contributed by atoms with Crippen molar-refractivity contribution >= 4 is 29.5 Å². The lowest BCUT2D eigenvalue weighted by molar-refractivity contribution is -0.133. The normalized spacial score (nSPS) is 9.89. The highest BCUT2D eigenvalue weighted by Crippen LogP contribution is 2.25. The summed E-state index contributed by atoms with van der Waals surface area (Å²) in [6, 6.07) is 10.2. The van der Waals surface area contributed by atoms with Crippen LogP contribution in [0.1, 0.15) is 31.1 Å². The van der Waals surface area contributed by atoms with E-state index >= 15 is 0 Å². The van der Waals surface area contributed by atoms with Crippen molar-refractivity contribution in [2.75, 3.05) is 5.32 Å². The Morgan fingerprint density at radius 1 is 0.667 bits per heavy atom. The fraction of sp³-hybridized carbons (Fsp3) is 0.158. The van der Waals surface area contributed by atoms with Crippen LogP contribution in [0.3, 0.4) is 0 Å².